The van der Waals surface area contributed by atoms with E-state index in [1.165, 1.54) is 5.56 Å². The number of urea groups is 1. The van der Waals surface area contributed by atoms with Gasteiger partial charge in [-0.2, -0.15) is 0 Å². The van der Waals surface area contributed by atoms with Crippen LogP contribution in [0.15, 0.2) is 42.6 Å². The maximum absolute atomic E-state index is 11.2. The zero-order valence-corrected chi connectivity index (χ0v) is 14.5. The smallest absolute Gasteiger partial charge is 0.314 e. The number of nitrogens with two attached hydrogens (primary N) is 1. The summed E-state index contributed by atoms with van der Waals surface area (Å²) in [4.78, 5) is 19.4. The highest BCUT2D eigenvalue weighted by atomic mass is 16.6. The molecule has 0 saturated carbocycles. The van der Waals surface area contributed by atoms with E-state index >= 15 is 0 Å². The number of benzene rings is 1. The summed E-state index contributed by atoms with van der Waals surface area (Å²) < 4.78 is 11.7. The van der Waals surface area contributed by atoms with Crippen molar-refractivity contribution in [3.05, 3.63) is 53.7 Å². The molecule has 0 radical (unpaired) electrons. The van der Waals surface area contributed by atoms with Gasteiger partial charge >= 0.3 is 6.03 Å². The molecule has 1 aromatic carbocycles. The fourth-order valence-electron chi connectivity index (χ4n) is 3.30. The van der Waals surface area contributed by atoms with E-state index in [9.17, 15) is 4.79 Å². The van der Waals surface area contributed by atoms with Crippen molar-refractivity contribution in [2.75, 3.05) is 32.8 Å². The Labute approximate surface area is 152 Å². The zero-order valence-electron chi connectivity index (χ0n) is 14.5. The molecule has 2 aliphatic heterocycles. The Hall–Kier alpha value is -2.80. The lowest BCUT2D eigenvalue weighted by Gasteiger charge is -2.33. The van der Waals surface area contributed by atoms with Crippen LogP contribution in [0.1, 0.15) is 17.2 Å². The molecule has 2 aliphatic rings. The number of pyridine rings is 1. The van der Waals surface area contributed by atoms with Gasteiger partial charge in [-0.05, 0) is 23.3 Å². The van der Waals surface area contributed by atoms with Crippen LogP contribution in [-0.4, -0.2) is 53.6 Å². The molecule has 4 rings (SSSR count). The summed E-state index contributed by atoms with van der Waals surface area (Å²) in [5, 5.41) is 0. The first kappa shape index (κ1) is 16.7. The lowest BCUT2D eigenvalue weighted by molar-refractivity contribution is 0.0850. The Balaban J connectivity index is 1.35. The molecule has 7 heteroatoms. The van der Waals surface area contributed by atoms with E-state index in [2.05, 4.69) is 34.1 Å². The molecule has 136 valence electrons. The zero-order chi connectivity index (χ0) is 17.9. The summed E-state index contributed by atoms with van der Waals surface area (Å²) in [6, 6.07) is 11.8. The first-order chi connectivity index (χ1) is 12.7. The number of hydrogen-bond acceptors (Lipinski definition) is 5. The molecule has 2 amide bonds. The molecule has 7 nitrogen and oxygen atoms in total. The molecule has 0 bridgehead atoms. The first-order valence-electron chi connectivity index (χ1n) is 8.79. The van der Waals surface area contributed by atoms with Gasteiger partial charge < -0.3 is 20.1 Å². The van der Waals surface area contributed by atoms with Crippen LogP contribution in [0.25, 0.3) is 0 Å². The van der Waals surface area contributed by atoms with Crippen molar-refractivity contribution in [2.45, 2.75) is 12.6 Å². The van der Waals surface area contributed by atoms with Gasteiger partial charge in [-0.25, -0.2) is 9.78 Å². The van der Waals surface area contributed by atoms with E-state index in [0.717, 1.165) is 25.2 Å². The molecular formula is C19H22N4O3. The minimum atomic E-state index is -0.334. The molecule has 0 spiro atoms. The van der Waals surface area contributed by atoms with E-state index in [1.807, 2.05) is 12.1 Å². The predicted molar refractivity (Wildman–Crippen MR) is 96.0 cm³/mol. The van der Waals surface area contributed by atoms with Gasteiger partial charge in [-0.15, -0.1) is 0 Å². The monoisotopic (exact) mass is 354 g/mol. The number of ether oxygens (including phenoxy) is 2. The Morgan fingerprint density at radius 2 is 1.92 bits per heavy atom. The Kier molecular flexibility index (Phi) is 4.62. The third kappa shape index (κ3) is 3.57. The van der Waals surface area contributed by atoms with E-state index in [-0.39, 0.29) is 12.1 Å². The molecule has 2 N–H and O–H groups in total. The molecule has 1 aromatic heterocycles. The molecule has 2 aromatic rings. The van der Waals surface area contributed by atoms with Crippen LogP contribution in [0, 0.1) is 0 Å². The second-order valence-electron chi connectivity index (χ2n) is 6.57. The second kappa shape index (κ2) is 7.21. The summed E-state index contributed by atoms with van der Waals surface area (Å²) in [6.07, 6.45) is 1.55. The largest absolute Gasteiger partial charge is 0.484 e. The summed E-state index contributed by atoms with van der Waals surface area (Å²) in [6.45, 7) is 4.39. The Morgan fingerprint density at radius 1 is 1.15 bits per heavy atom. The highest BCUT2D eigenvalue weighted by Crippen LogP contribution is 2.33. The summed E-state index contributed by atoms with van der Waals surface area (Å²) in [5.41, 5.74) is 7.63. The van der Waals surface area contributed by atoms with Crippen LogP contribution in [0.5, 0.6) is 11.6 Å². The number of nitrogens with zero attached hydrogens (tertiary/aromatic N) is 3. The molecule has 1 atom stereocenters. The third-order valence-corrected chi connectivity index (χ3v) is 4.82. The molecule has 1 unspecified atom stereocenters. The Morgan fingerprint density at radius 3 is 2.65 bits per heavy atom. The van der Waals surface area contributed by atoms with Crippen LogP contribution < -0.4 is 15.2 Å². The molecule has 1 fully saturated rings. The number of hydrogen-bond donors (Lipinski definition) is 1. The number of primary amides is 1. The second-order valence-corrected chi connectivity index (χ2v) is 6.57. The maximum Gasteiger partial charge on any atom is 0.314 e. The van der Waals surface area contributed by atoms with Crippen molar-refractivity contribution in [3.63, 3.8) is 0 Å². The van der Waals surface area contributed by atoms with Gasteiger partial charge in [0.05, 0.1) is 0 Å². The van der Waals surface area contributed by atoms with Crippen LogP contribution in [0.4, 0.5) is 4.79 Å². The number of amides is 2. The number of aromatic nitrogens is 1. The lowest BCUT2D eigenvalue weighted by atomic mass is 10.1. The van der Waals surface area contributed by atoms with Gasteiger partial charge in [-0.3, -0.25) is 4.90 Å². The van der Waals surface area contributed by atoms with E-state index < -0.39 is 0 Å². The standard InChI is InChI=1S/C19H22N4O3/c20-19(24)23-10-8-22(9-11-23)12-14-3-5-15(6-4-14)17-13-25-16-2-1-7-21-18(16)26-17/h1-7,17H,8-13H2,(H2,20,24). The minimum absolute atomic E-state index is 0.148. The van der Waals surface area contributed by atoms with E-state index in [0.29, 0.717) is 31.3 Å². The maximum atomic E-state index is 11.2. The predicted octanol–water partition coefficient (Wildman–Crippen LogP) is 1.79. The molecule has 1 saturated heterocycles. The van der Waals surface area contributed by atoms with Crippen molar-refractivity contribution in [2.24, 2.45) is 5.73 Å². The summed E-state index contributed by atoms with van der Waals surface area (Å²) in [7, 11) is 0. The topological polar surface area (TPSA) is 80.9 Å². The van der Waals surface area contributed by atoms with Crippen LogP contribution in [0.3, 0.4) is 0 Å². The molecular weight excluding hydrogens is 332 g/mol. The van der Waals surface area contributed by atoms with Gasteiger partial charge in [0.25, 0.3) is 5.88 Å². The normalized spacial score (nSPS) is 20.0. The number of fused-ring (bicyclic) bond motifs is 1. The van der Waals surface area contributed by atoms with Crippen molar-refractivity contribution >= 4 is 6.03 Å². The number of rotatable bonds is 3. The lowest BCUT2D eigenvalue weighted by Crippen LogP contribution is -2.50. The van der Waals surface area contributed by atoms with Gasteiger partial charge in [0.2, 0.25) is 0 Å². The average Bonchev–Trinajstić information content (AvgIpc) is 2.68. The number of carbonyl (C=O) groups is 1. The quantitative estimate of drug-likeness (QED) is 0.909. The van der Waals surface area contributed by atoms with Crippen molar-refractivity contribution in [1.29, 1.82) is 0 Å². The van der Waals surface area contributed by atoms with Crippen LogP contribution >= 0.6 is 0 Å². The minimum Gasteiger partial charge on any atom is -0.484 e. The van der Waals surface area contributed by atoms with Gasteiger partial charge in [0.15, 0.2) is 11.9 Å². The van der Waals surface area contributed by atoms with Crippen molar-refractivity contribution in [1.82, 2.24) is 14.8 Å². The van der Waals surface area contributed by atoms with Crippen molar-refractivity contribution < 1.29 is 14.3 Å². The fourth-order valence-corrected chi connectivity index (χ4v) is 3.30. The third-order valence-electron chi connectivity index (χ3n) is 4.82. The highest BCUT2D eigenvalue weighted by molar-refractivity contribution is 5.72. The number of piperazine rings is 1. The van der Waals surface area contributed by atoms with Gasteiger partial charge in [0, 0.05) is 38.9 Å². The molecule has 0 aliphatic carbocycles. The van der Waals surface area contributed by atoms with E-state index in [4.69, 9.17) is 15.2 Å². The van der Waals surface area contributed by atoms with Crippen LogP contribution in [-0.2, 0) is 6.54 Å². The van der Waals surface area contributed by atoms with Gasteiger partial charge in [-0.1, -0.05) is 24.3 Å². The fraction of sp³-hybridized carbons (Fsp3) is 0.368. The average molecular weight is 354 g/mol. The molecule has 3 heterocycles. The summed E-state index contributed by atoms with van der Waals surface area (Å²) in [5.74, 6) is 1.23. The number of carbonyl (C=O) groups excluding carboxylic acids is 1. The SMILES string of the molecule is NC(=O)N1CCN(Cc2ccc(C3COc4cccnc4O3)cc2)CC1. The van der Waals surface area contributed by atoms with Gasteiger partial charge in [0.1, 0.15) is 6.61 Å². The highest BCUT2D eigenvalue weighted by Gasteiger charge is 2.23. The van der Waals surface area contributed by atoms with Crippen molar-refractivity contribution in [3.8, 4) is 11.6 Å². The van der Waals surface area contributed by atoms with Crippen LogP contribution in [0.2, 0.25) is 0 Å². The summed E-state index contributed by atoms with van der Waals surface area (Å²) >= 11 is 0. The first-order valence-corrected chi connectivity index (χ1v) is 8.79. The van der Waals surface area contributed by atoms with E-state index in [1.54, 1.807) is 11.1 Å². The molecule has 26 heavy (non-hydrogen) atoms. The Bertz CT molecular complexity index is 773.